The Labute approximate surface area is 185 Å². The highest BCUT2D eigenvalue weighted by atomic mass is 32.2. The number of hydrogen-bond donors (Lipinski definition) is 1. The van der Waals surface area contributed by atoms with E-state index in [-0.39, 0.29) is 23.3 Å². The van der Waals surface area contributed by atoms with E-state index in [1.54, 1.807) is 49.6 Å². The van der Waals surface area contributed by atoms with E-state index in [2.05, 4.69) is 5.32 Å². The number of benzene rings is 2. The average Bonchev–Trinajstić information content (AvgIpc) is 3.06. The van der Waals surface area contributed by atoms with Gasteiger partial charge in [-0.3, -0.25) is 4.79 Å². The van der Waals surface area contributed by atoms with E-state index in [4.69, 9.17) is 4.74 Å². The number of sulfonamides is 1. The third-order valence-corrected chi connectivity index (χ3v) is 7.84. The minimum absolute atomic E-state index is 0.0609. The van der Waals surface area contributed by atoms with Crippen LogP contribution in [0.5, 0.6) is 5.75 Å². The van der Waals surface area contributed by atoms with Crippen LogP contribution in [0.3, 0.4) is 0 Å². The van der Waals surface area contributed by atoms with Gasteiger partial charge in [0.15, 0.2) is 0 Å². The summed E-state index contributed by atoms with van der Waals surface area (Å²) in [6.45, 7) is 0. The van der Waals surface area contributed by atoms with Gasteiger partial charge < -0.3 is 10.1 Å². The molecule has 0 aliphatic heterocycles. The molecule has 1 aliphatic carbocycles. The van der Waals surface area contributed by atoms with Crippen molar-refractivity contribution in [3.8, 4) is 5.75 Å². The van der Waals surface area contributed by atoms with Crippen LogP contribution in [0.2, 0.25) is 0 Å². The van der Waals surface area contributed by atoms with Crippen LogP contribution >= 0.6 is 0 Å². The molecule has 7 heteroatoms. The predicted molar refractivity (Wildman–Crippen MR) is 121 cm³/mol. The Bertz CT molecular complexity index is 937. The summed E-state index contributed by atoms with van der Waals surface area (Å²) in [5, 5.41) is 3.14. The third-order valence-electron chi connectivity index (χ3n) is 5.96. The standard InChI is InChI=1S/C24H32N2O4S/c1-26(31(28,29)22-12-8-5-9-13-22)23(19-14-16-21(30-2)17-15-19)18-24(27)25-20-10-6-3-4-7-11-20/h5,8-9,12-17,20,23H,3-4,6-7,10-11,18H2,1-2H3,(H,25,27)/t23-/m0/s1. The highest BCUT2D eigenvalue weighted by Gasteiger charge is 2.31. The van der Waals surface area contributed by atoms with E-state index < -0.39 is 16.1 Å². The molecule has 2 aromatic carbocycles. The molecule has 2 aromatic rings. The van der Waals surface area contributed by atoms with Crippen LogP contribution in [0.4, 0.5) is 0 Å². The quantitative estimate of drug-likeness (QED) is 0.617. The van der Waals surface area contributed by atoms with Gasteiger partial charge in [-0.2, -0.15) is 4.31 Å². The van der Waals surface area contributed by atoms with Gasteiger partial charge in [0.05, 0.1) is 18.0 Å². The normalized spacial score (nSPS) is 16.5. The van der Waals surface area contributed by atoms with E-state index in [0.29, 0.717) is 5.75 Å². The number of nitrogens with one attached hydrogen (secondary N) is 1. The lowest BCUT2D eigenvalue weighted by atomic mass is 10.0. The van der Waals surface area contributed by atoms with Crippen molar-refractivity contribution < 1.29 is 17.9 Å². The van der Waals surface area contributed by atoms with Gasteiger partial charge in [-0.15, -0.1) is 0 Å². The van der Waals surface area contributed by atoms with E-state index in [1.165, 1.54) is 24.2 Å². The zero-order valence-corrected chi connectivity index (χ0v) is 19.1. The molecule has 0 spiro atoms. The molecule has 31 heavy (non-hydrogen) atoms. The van der Waals surface area contributed by atoms with Crippen molar-refractivity contribution in [1.29, 1.82) is 0 Å². The summed E-state index contributed by atoms with van der Waals surface area (Å²) in [6.07, 6.45) is 6.68. The first-order valence-electron chi connectivity index (χ1n) is 10.9. The van der Waals surface area contributed by atoms with Crippen LogP contribution < -0.4 is 10.1 Å². The summed E-state index contributed by atoms with van der Waals surface area (Å²) in [6, 6.07) is 15.1. The SMILES string of the molecule is COc1ccc([C@H](CC(=O)NC2CCCCCC2)N(C)S(=O)(=O)c2ccccc2)cc1. The van der Waals surface area contributed by atoms with E-state index in [9.17, 15) is 13.2 Å². The molecule has 1 saturated carbocycles. The monoisotopic (exact) mass is 444 g/mol. The Hall–Kier alpha value is -2.38. The molecule has 0 heterocycles. The average molecular weight is 445 g/mol. The molecular formula is C24H32N2O4S. The zero-order valence-electron chi connectivity index (χ0n) is 18.3. The molecule has 1 N–H and O–H groups in total. The highest BCUT2D eigenvalue weighted by Crippen LogP contribution is 2.30. The maximum absolute atomic E-state index is 13.3. The maximum atomic E-state index is 13.3. The second-order valence-electron chi connectivity index (χ2n) is 8.08. The van der Waals surface area contributed by atoms with Crippen LogP contribution in [0.15, 0.2) is 59.5 Å². The summed E-state index contributed by atoms with van der Waals surface area (Å²) >= 11 is 0. The van der Waals surface area contributed by atoms with Crippen LogP contribution in [-0.4, -0.2) is 38.8 Å². The predicted octanol–water partition coefficient (Wildman–Crippen LogP) is 4.29. The van der Waals surface area contributed by atoms with Gasteiger partial charge in [0, 0.05) is 19.5 Å². The van der Waals surface area contributed by atoms with Crippen molar-refractivity contribution in [2.75, 3.05) is 14.2 Å². The van der Waals surface area contributed by atoms with Gasteiger partial charge in [-0.05, 0) is 42.7 Å². The molecule has 1 amide bonds. The maximum Gasteiger partial charge on any atom is 0.243 e. The highest BCUT2D eigenvalue weighted by molar-refractivity contribution is 7.89. The molecule has 0 radical (unpaired) electrons. The van der Waals surface area contributed by atoms with Crippen molar-refractivity contribution in [3.63, 3.8) is 0 Å². The number of nitrogens with zero attached hydrogens (tertiary/aromatic N) is 1. The smallest absolute Gasteiger partial charge is 0.243 e. The van der Waals surface area contributed by atoms with E-state index >= 15 is 0 Å². The van der Waals surface area contributed by atoms with Crippen molar-refractivity contribution in [2.45, 2.75) is 61.9 Å². The van der Waals surface area contributed by atoms with Crippen LogP contribution in [0, 0.1) is 0 Å². The fourth-order valence-electron chi connectivity index (χ4n) is 4.09. The molecule has 6 nitrogen and oxygen atoms in total. The molecular weight excluding hydrogens is 412 g/mol. The van der Waals surface area contributed by atoms with Crippen molar-refractivity contribution in [3.05, 3.63) is 60.2 Å². The second-order valence-corrected chi connectivity index (χ2v) is 10.1. The van der Waals surface area contributed by atoms with Gasteiger partial charge >= 0.3 is 0 Å². The first kappa shape index (κ1) is 23.3. The molecule has 0 saturated heterocycles. The number of ether oxygens (including phenoxy) is 1. The molecule has 3 rings (SSSR count). The number of amides is 1. The summed E-state index contributed by atoms with van der Waals surface area (Å²) in [4.78, 5) is 13.1. The number of rotatable bonds is 8. The van der Waals surface area contributed by atoms with Gasteiger partial charge in [-0.25, -0.2) is 8.42 Å². The number of carbonyl (C=O) groups is 1. The summed E-state index contributed by atoms with van der Waals surface area (Å²) in [5.74, 6) is 0.557. The van der Waals surface area contributed by atoms with Crippen LogP contribution in [0.25, 0.3) is 0 Å². The summed E-state index contributed by atoms with van der Waals surface area (Å²) in [7, 11) is -0.645. The van der Waals surface area contributed by atoms with E-state index in [1.807, 2.05) is 12.1 Å². The second kappa shape index (κ2) is 10.8. The Morgan fingerprint density at radius 3 is 2.23 bits per heavy atom. The lowest BCUT2D eigenvalue weighted by Gasteiger charge is -2.28. The summed E-state index contributed by atoms with van der Waals surface area (Å²) < 4.78 is 33.0. The Morgan fingerprint density at radius 2 is 1.65 bits per heavy atom. The Morgan fingerprint density at radius 1 is 1.03 bits per heavy atom. The Kier molecular flexibility index (Phi) is 8.09. The number of methoxy groups -OCH3 is 1. The number of hydrogen-bond acceptors (Lipinski definition) is 4. The van der Waals surface area contributed by atoms with Gasteiger partial charge in [0.1, 0.15) is 5.75 Å². The van der Waals surface area contributed by atoms with Crippen LogP contribution in [0.1, 0.15) is 56.6 Å². The molecule has 0 bridgehead atoms. The zero-order chi connectivity index (χ0) is 22.3. The first-order chi connectivity index (χ1) is 14.9. The topological polar surface area (TPSA) is 75.7 Å². The lowest BCUT2D eigenvalue weighted by molar-refractivity contribution is -0.122. The minimum atomic E-state index is -3.76. The largest absolute Gasteiger partial charge is 0.497 e. The molecule has 1 atom stereocenters. The summed E-state index contributed by atoms with van der Waals surface area (Å²) in [5.41, 5.74) is 0.749. The third kappa shape index (κ3) is 6.08. The lowest BCUT2D eigenvalue weighted by Crippen LogP contribution is -2.39. The fraction of sp³-hybridized carbons (Fsp3) is 0.458. The fourth-order valence-corrected chi connectivity index (χ4v) is 5.46. The molecule has 1 fully saturated rings. The minimum Gasteiger partial charge on any atom is -0.497 e. The van der Waals surface area contributed by atoms with Crippen molar-refractivity contribution in [2.24, 2.45) is 0 Å². The van der Waals surface area contributed by atoms with Crippen LogP contribution in [-0.2, 0) is 14.8 Å². The van der Waals surface area contributed by atoms with Gasteiger partial charge in [-0.1, -0.05) is 56.0 Å². The Balaban J connectivity index is 1.84. The first-order valence-corrected chi connectivity index (χ1v) is 12.3. The number of carbonyl (C=O) groups excluding carboxylic acids is 1. The van der Waals surface area contributed by atoms with Gasteiger partial charge in [0.2, 0.25) is 15.9 Å². The van der Waals surface area contributed by atoms with Crippen molar-refractivity contribution >= 4 is 15.9 Å². The van der Waals surface area contributed by atoms with E-state index in [0.717, 1.165) is 31.2 Å². The molecule has 0 unspecified atom stereocenters. The molecule has 0 aromatic heterocycles. The van der Waals surface area contributed by atoms with Crippen molar-refractivity contribution in [1.82, 2.24) is 9.62 Å². The molecule has 1 aliphatic rings. The molecule has 168 valence electrons. The van der Waals surface area contributed by atoms with Gasteiger partial charge in [0.25, 0.3) is 0 Å².